The number of rotatable bonds is 5. The predicted octanol–water partition coefficient (Wildman–Crippen LogP) is 4.70. The maximum absolute atomic E-state index is 14.1. The Morgan fingerprint density at radius 1 is 1.21 bits per heavy atom. The monoisotopic (exact) mass is 437 g/mol. The largest absolute Gasteiger partial charge is 0.385 e. The van der Waals surface area contributed by atoms with E-state index in [1.807, 2.05) is 0 Å². The van der Waals surface area contributed by atoms with E-state index in [1.54, 1.807) is 0 Å². The van der Waals surface area contributed by atoms with Crippen molar-refractivity contribution in [2.45, 2.75) is 12.3 Å². The molecule has 24 heavy (non-hydrogen) atoms. The van der Waals surface area contributed by atoms with Gasteiger partial charge in [0, 0.05) is 5.02 Å². The second-order valence-corrected chi connectivity index (χ2v) is 6.64. The highest BCUT2D eigenvalue weighted by atomic mass is 79.9. The van der Waals surface area contributed by atoms with Crippen LogP contribution < -0.4 is 5.32 Å². The Labute approximate surface area is 155 Å². The lowest BCUT2D eigenvalue weighted by atomic mass is 10.1. The summed E-state index contributed by atoms with van der Waals surface area (Å²) in [5.41, 5.74) is -0.0768. The molecule has 2 rings (SSSR count). The topological polar surface area (TPSA) is 49.3 Å². The Balaban J connectivity index is 2.03. The number of carbonyl (C=O) groups excluding carboxylic acids is 1. The van der Waals surface area contributed by atoms with E-state index in [0.717, 1.165) is 0 Å². The van der Waals surface area contributed by atoms with E-state index >= 15 is 0 Å². The van der Waals surface area contributed by atoms with Crippen LogP contribution in [0, 0.1) is 5.82 Å². The van der Waals surface area contributed by atoms with Gasteiger partial charge in [0.05, 0.1) is 21.6 Å². The van der Waals surface area contributed by atoms with Crippen LogP contribution in [0.2, 0.25) is 10.0 Å². The van der Waals surface area contributed by atoms with Crippen molar-refractivity contribution >= 4 is 45.0 Å². The minimum Gasteiger partial charge on any atom is -0.385 e. The van der Waals surface area contributed by atoms with E-state index < -0.39 is 30.5 Å². The minimum atomic E-state index is -1.79. The van der Waals surface area contributed by atoms with Gasteiger partial charge in [0.2, 0.25) is 0 Å². The van der Waals surface area contributed by atoms with Crippen molar-refractivity contribution in [3.05, 3.63) is 67.9 Å². The Morgan fingerprint density at radius 2 is 1.83 bits per heavy atom. The molecule has 2 N–H and O–H groups in total. The molecular formula is C16H12BrCl2F2NO2. The normalized spacial score (nSPS) is 13.4. The number of hydrogen-bond acceptors (Lipinski definition) is 2. The summed E-state index contributed by atoms with van der Waals surface area (Å²) in [5.74, 6) is -1.71. The highest BCUT2D eigenvalue weighted by molar-refractivity contribution is 9.10. The third-order valence-electron chi connectivity index (χ3n) is 3.28. The SMILES string of the molecule is O=C(NCC(F)C(O)c1ccc(Cl)cc1)c1c(Cl)ccc(Br)c1F. The van der Waals surface area contributed by atoms with Gasteiger partial charge in [-0.25, -0.2) is 8.78 Å². The molecule has 0 saturated carbocycles. The number of benzene rings is 2. The zero-order chi connectivity index (χ0) is 17.9. The van der Waals surface area contributed by atoms with Gasteiger partial charge in [-0.2, -0.15) is 0 Å². The summed E-state index contributed by atoms with van der Waals surface area (Å²) in [5, 5.41) is 12.5. The van der Waals surface area contributed by atoms with Crippen LogP contribution in [-0.4, -0.2) is 23.7 Å². The fourth-order valence-corrected chi connectivity index (χ4v) is 2.68. The molecule has 0 aliphatic carbocycles. The Kier molecular flexibility index (Phi) is 6.57. The Hall–Kier alpha value is -1.21. The van der Waals surface area contributed by atoms with Crippen molar-refractivity contribution in [2.75, 3.05) is 6.54 Å². The molecular weight excluding hydrogens is 427 g/mol. The number of nitrogens with one attached hydrogen (secondary N) is 1. The molecule has 2 atom stereocenters. The summed E-state index contributed by atoms with van der Waals surface area (Å²) in [7, 11) is 0. The second-order valence-electron chi connectivity index (χ2n) is 4.94. The maximum atomic E-state index is 14.1. The van der Waals surface area contributed by atoms with Gasteiger partial charge in [0.15, 0.2) is 5.82 Å². The quantitative estimate of drug-likeness (QED) is 0.665. The van der Waals surface area contributed by atoms with Crippen molar-refractivity contribution in [1.29, 1.82) is 0 Å². The average Bonchev–Trinajstić information content (AvgIpc) is 2.56. The maximum Gasteiger partial charge on any atom is 0.255 e. The minimum absolute atomic E-state index is 0.0649. The molecule has 2 aromatic carbocycles. The molecule has 2 unspecified atom stereocenters. The standard InChI is InChI=1S/C16H12BrCl2F2NO2/c17-10-5-6-11(19)13(14(10)21)16(24)22-7-12(20)15(23)8-1-3-9(18)4-2-8/h1-6,12,15,23H,7H2,(H,22,24). The van der Waals surface area contributed by atoms with Gasteiger partial charge < -0.3 is 10.4 Å². The number of carbonyl (C=O) groups is 1. The number of amides is 1. The molecule has 0 fully saturated rings. The third kappa shape index (κ3) is 4.45. The molecule has 2 aromatic rings. The first-order valence-electron chi connectivity index (χ1n) is 6.80. The van der Waals surface area contributed by atoms with Crippen molar-refractivity contribution in [3.8, 4) is 0 Å². The van der Waals surface area contributed by atoms with Crippen molar-refractivity contribution < 1.29 is 18.7 Å². The van der Waals surface area contributed by atoms with E-state index in [-0.39, 0.29) is 15.1 Å². The smallest absolute Gasteiger partial charge is 0.255 e. The molecule has 0 heterocycles. The van der Waals surface area contributed by atoms with Gasteiger partial charge in [-0.05, 0) is 45.8 Å². The molecule has 8 heteroatoms. The lowest BCUT2D eigenvalue weighted by Crippen LogP contribution is -2.33. The summed E-state index contributed by atoms with van der Waals surface area (Å²) < 4.78 is 28.1. The highest BCUT2D eigenvalue weighted by Crippen LogP contribution is 2.26. The van der Waals surface area contributed by atoms with Gasteiger partial charge in [0.25, 0.3) is 5.91 Å². The first kappa shape index (κ1) is 19.1. The predicted molar refractivity (Wildman–Crippen MR) is 92.8 cm³/mol. The van der Waals surface area contributed by atoms with Crippen LogP contribution in [0.4, 0.5) is 8.78 Å². The fraction of sp³-hybridized carbons (Fsp3) is 0.188. The third-order valence-corrected chi connectivity index (χ3v) is 4.46. The van der Waals surface area contributed by atoms with E-state index in [0.29, 0.717) is 10.6 Å². The van der Waals surface area contributed by atoms with E-state index in [9.17, 15) is 18.7 Å². The summed E-state index contributed by atoms with van der Waals surface area (Å²) in [4.78, 5) is 12.0. The summed E-state index contributed by atoms with van der Waals surface area (Å²) in [6.45, 7) is -0.509. The molecule has 0 radical (unpaired) electrons. The molecule has 128 valence electrons. The van der Waals surface area contributed by atoms with Crippen LogP contribution in [0.15, 0.2) is 40.9 Å². The lowest BCUT2D eigenvalue weighted by molar-refractivity contribution is 0.0714. The van der Waals surface area contributed by atoms with Gasteiger partial charge in [-0.3, -0.25) is 4.79 Å². The fourth-order valence-electron chi connectivity index (χ4n) is 1.99. The van der Waals surface area contributed by atoms with E-state index in [1.165, 1.54) is 36.4 Å². The van der Waals surface area contributed by atoms with E-state index in [4.69, 9.17) is 23.2 Å². The molecule has 0 saturated heterocycles. The van der Waals surface area contributed by atoms with Gasteiger partial charge in [-0.1, -0.05) is 35.3 Å². The molecule has 1 amide bonds. The van der Waals surface area contributed by atoms with Gasteiger partial charge in [-0.15, -0.1) is 0 Å². The molecule has 0 aliphatic heterocycles. The molecule has 3 nitrogen and oxygen atoms in total. The van der Waals surface area contributed by atoms with Crippen LogP contribution in [0.5, 0.6) is 0 Å². The molecule has 0 bridgehead atoms. The Bertz CT molecular complexity index is 744. The second kappa shape index (κ2) is 8.25. The van der Waals surface area contributed by atoms with Crippen molar-refractivity contribution in [2.24, 2.45) is 0 Å². The molecule has 0 spiro atoms. The van der Waals surface area contributed by atoms with Crippen molar-refractivity contribution in [1.82, 2.24) is 5.32 Å². The van der Waals surface area contributed by atoms with E-state index in [2.05, 4.69) is 21.2 Å². The van der Waals surface area contributed by atoms with Gasteiger partial charge >= 0.3 is 0 Å². The van der Waals surface area contributed by atoms with Crippen LogP contribution in [0.1, 0.15) is 22.0 Å². The van der Waals surface area contributed by atoms with Crippen LogP contribution in [0.25, 0.3) is 0 Å². The number of aliphatic hydroxyl groups excluding tert-OH is 1. The number of hydrogen-bond donors (Lipinski definition) is 2. The van der Waals surface area contributed by atoms with Crippen molar-refractivity contribution in [3.63, 3.8) is 0 Å². The van der Waals surface area contributed by atoms with Crippen LogP contribution in [0.3, 0.4) is 0 Å². The summed E-state index contributed by atoms with van der Waals surface area (Å²) in [6.07, 6.45) is -3.24. The van der Waals surface area contributed by atoms with Crippen LogP contribution in [-0.2, 0) is 0 Å². The lowest BCUT2D eigenvalue weighted by Gasteiger charge is -2.17. The first-order valence-corrected chi connectivity index (χ1v) is 8.35. The molecule has 0 aromatic heterocycles. The van der Waals surface area contributed by atoms with Gasteiger partial charge in [0.1, 0.15) is 12.3 Å². The zero-order valence-electron chi connectivity index (χ0n) is 12.1. The Morgan fingerprint density at radius 3 is 2.46 bits per heavy atom. The average molecular weight is 439 g/mol. The number of alkyl halides is 1. The number of aliphatic hydroxyl groups is 1. The number of halogens is 5. The first-order chi connectivity index (χ1) is 11.3. The highest BCUT2D eigenvalue weighted by Gasteiger charge is 2.23. The summed E-state index contributed by atoms with van der Waals surface area (Å²) >= 11 is 14.5. The molecule has 0 aliphatic rings. The zero-order valence-corrected chi connectivity index (χ0v) is 15.2. The van der Waals surface area contributed by atoms with Crippen LogP contribution >= 0.6 is 39.1 Å². The summed E-state index contributed by atoms with van der Waals surface area (Å²) in [6, 6.07) is 8.69.